The van der Waals surface area contributed by atoms with Crippen LogP contribution in [0.25, 0.3) is 0 Å². The Bertz CT molecular complexity index is 220. The molecule has 1 heterocycles. The summed E-state index contributed by atoms with van der Waals surface area (Å²) in [6, 6.07) is 0. The Balaban J connectivity index is 1.82. The van der Waals surface area contributed by atoms with Gasteiger partial charge < -0.3 is 15.7 Å². The second-order valence-electron chi connectivity index (χ2n) is 4.47. The molecule has 4 heteroatoms. The van der Waals surface area contributed by atoms with E-state index >= 15 is 0 Å². The molecule has 2 aliphatic rings. The van der Waals surface area contributed by atoms with Gasteiger partial charge in [-0.1, -0.05) is 0 Å². The summed E-state index contributed by atoms with van der Waals surface area (Å²) in [6.45, 7) is 1.89. The molecule has 1 amide bonds. The zero-order chi connectivity index (χ0) is 10.0. The standard InChI is InChI=1S/C10H18N2O2/c13-7-10(3-4-10)12-9(14)8-2-1-5-11-6-8/h8,11,13H,1-7H2,(H,12,14)/t8-/m1/s1. The number of hydrogen-bond acceptors (Lipinski definition) is 3. The maximum Gasteiger partial charge on any atom is 0.224 e. The van der Waals surface area contributed by atoms with Crippen LogP contribution in [0.4, 0.5) is 0 Å². The number of aliphatic hydroxyl groups is 1. The van der Waals surface area contributed by atoms with Gasteiger partial charge in [0.15, 0.2) is 0 Å². The molecule has 0 spiro atoms. The third kappa shape index (κ3) is 2.07. The third-order valence-corrected chi connectivity index (χ3v) is 3.21. The Morgan fingerprint density at radius 2 is 2.36 bits per heavy atom. The van der Waals surface area contributed by atoms with Crippen molar-refractivity contribution >= 4 is 5.91 Å². The number of hydrogen-bond donors (Lipinski definition) is 3. The van der Waals surface area contributed by atoms with Crippen molar-refractivity contribution in [2.24, 2.45) is 5.92 Å². The molecule has 0 aromatic heterocycles. The van der Waals surface area contributed by atoms with Crippen molar-refractivity contribution in [3.8, 4) is 0 Å². The summed E-state index contributed by atoms with van der Waals surface area (Å²) in [5.74, 6) is 0.219. The number of piperidine rings is 1. The second kappa shape index (κ2) is 3.87. The van der Waals surface area contributed by atoms with E-state index in [0.717, 1.165) is 38.8 Å². The Kier molecular flexibility index (Phi) is 2.74. The maximum absolute atomic E-state index is 11.8. The van der Waals surface area contributed by atoms with E-state index in [4.69, 9.17) is 5.11 Å². The number of nitrogens with one attached hydrogen (secondary N) is 2. The summed E-state index contributed by atoms with van der Waals surface area (Å²) in [5, 5.41) is 15.2. The first-order chi connectivity index (χ1) is 6.76. The van der Waals surface area contributed by atoms with E-state index in [1.807, 2.05) is 0 Å². The van der Waals surface area contributed by atoms with Crippen LogP contribution in [0.5, 0.6) is 0 Å². The summed E-state index contributed by atoms with van der Waals surface area (Å²) in [6.07, 6.45) is 3.90. The smallest absolute Gasteiger partial charge is 0.224 e. The summed E-state index contributed by atoms with van der Waals surface area (Å²) in [5.41, 5.74) is -0.255. The molecule has 2 rings (SSSR count). The molecule has 14 heavy (non-hydrogen) atoms. The monoisotopic (exact) mass is 198 g/mol. The highest BCUT2D eigenvalue weighted by molar-refractivity contribution is 5.80. The van der Waals surface area contributed by atoms with Gasteiger partial charge in [-0.3, -0.25) is 4.79 Å². The van der Waals surface area contributed by atoms with Crippen LogP contribution in [0.15, 0.2) is 0 Å². The van der Waals surface area contributed by atoms with E-state index in [1.54, 1.807) is 0 Å². The van der Waals surface area contributed by atoms with E-state index < -0.39 is 0 Å². The van der Waals surface area contributed by atoms with Gasteiger partial charge in [-0.2, -0.15) is 0 Å². The SMILES string of the molecule is O=C(NC1(CO)CC1)[C@@H]1CCCNC1. The minimum absolute atomic E-state index is 0.0822. The summed E-state index contributed by atoms with van der Waals surface area (Å²) in [4.78, 5) is 11.8. The van der Waals surface area contributed by atoms with Crippen LogP contribution >= 0.6 is 0 Å². The van der Waals surface area contributed by atoms with Crippen molar-refractivity contribution in [1.82, 2.24) is 10.6 Å². The van der Waals surface area contributed by atoms with Gasteiger partial charge >= 0.3 is 0 Å². The Labute approximate surface area is 84.1 Å². The molecule has 1 saturated heterocycles. The fourth-order valence-electron chi connectivity index (χ4n) is 1.91. The molecule has 1 atom stereocenters. The van der Waals surface area contributed by atoms with Crippen LogP contribution in [0.3, 0.4) is 0 Å². The lowest BCUT2D eigenvalue weighted by Crippen LogP contribution is -2.46. The van der Waals surface area contributed by atoms with Gasteiger partial charge in [0.25, 0.3) is 0 Å². The third-order valence-electron chi connectivity index (χ3n) is 3.21. The van der Waals surface area contributed by atoms with E-state index in [1.165, 1.54) is 0 Å². The first kappa shape index (κ1) is 9.93. The fraction of sp³-hybridized carbons (Fsp3) is 0.900. The van der Waals surface area contributed by atoms with Gasteiger partial charge in [0.1, 0.15) is 0 Å². The van der Waals surface area contributed by atoms with Crippen molar-refractivity contribution < 1.29 is 9.90 Å². The topological polar surface area (TPSA) is 61.4 Å². The molecule has 4 nitrogen and oxygen atoms in total. The summed E-state index contributed by atoms with van der Waals surface area (Å²) >= 11 is 0. The maximum atomic E-state index is 11.8. The van der Waals surface area contributed by atoms with Gasteiger partial charge in [-0.05, 0) is 32.2 Å². The zero-order valence-electron chi connectivity index (χ0n) is 8.38. The van der Waals surface area contributed by atoms with Crippen molar-refractivity contribution in [3.63, 3.8) is 0 Å². The second-order valence-corrected chi connectivity index (χ2v) is 4.47. The molecular weight excluding hydrogens is 180 g/mol. The minimum Gasteiger partial charge on any atom is -0.394 e. The van der Waals surface area contributed by atoms with E-state index in [-0.39, 0.29) is 24.0 Å². The molecule has 0 aromatic rings. The van der Waals surface area contributed by atoms with Gasteiger partial charge in [-0.15, -0.1) is 0 Å². The van der Waals surface area contributed by atoms with Crippen molar-refractivity contribution in [1.29, 1.82) is 0 Å². The highest BCUT2D eigenvalue weighted by Crippen LogP contribution is 2.35. The highest BCUT2D eigenvalue weighted by Gasteiger charge is 2.44. The number of aliphatic hydroxyl groups excluding tert-OH is 1. The molecule has 1 saturated carbocycles. The minimum atomic E-state index is -0.255. The van der Waals surface area contributed by atoms with Gasteiger partial charge in [0.2, 0.25) is 5.91 Å². The van der Waals surface area contributed by atoms with Crippen LogP contribution in [0.2, 0.25) is 0 Å². The summed E-state index contributed by atoms with van der Waals surface area (Å²) in [7, 11) is 0. The van der Waals surface area contributed by atoms with Gasteiger partial charge in [-0.25, -0.2) is 0 Å². The Morgan fingerprint density at radius 1 is 1.57 bits per heavy atom. The number of rotatable bonds is 3. The molecule has 0 aromatic carbocycles. The van der Waals surface area contributed by atoms with Gasteiger partial charge in [0, 0.05) is 6.54 Å². The number of carbonyl (C=O) groups excluding carboxylic acids is 1. The molecule has 0 unspecified atom stereocenters. The molecule has 2 fully saturated rings. The average molecular weight is 198 g/mol. The predicted octanol–water partition coefficient (Wildman–Crippen LogP) is -0.373. The lowest BCUT2D eigenvalue weighted by molar-refractivity contribution is -0.126. The number of amides is 1. The summed E-state index contributed by atoms with van der Waals surface area (Å²) < 4.78 is 0. The predicted molar refractivity (Wildman–Crippen MR) is 52.8 cm³/mol. The fourth-order valence-corrected chi connectivity index (χ4v) is 1.91. The normalized spacial score (nSPS) is 29.6. The van der Waals surface area contributed by atoms with Crippen LogP contribution < -0.4 is 10.6 Å². The van der Waals surface area contributed by atoms with E-state index in [0.29, 0.717) is 0 Å². The lowest BCUT2D eigenvalue weighted by Gasteiger charge is -2.24. The molecule has 80 valence electrons. The highest BCUT2D eigenvalue weighted by atomic mass is 16.3. The van der Waals surface area contributed by atoms with Crippen molar-refractivity contribution in [2.45, 2.75) is 31.2 Å². The molecular formula is C10H18N2O2. The Hall–Kier alpha value is -0.610. The van der Waals surface area contributed by atoms with Crippen molar-refractivity contribution in [3.05, 3.63) is 0 Å². The Morgan fingerprint density at radius 3 is 2.86 bits per heavy atom. The van der Waals surface area contributed by atoms with E-state index in [9.17, 15) is 4.79 Å². The molecule has 0 radical (unpaired) electrons. The molecule has 1 aliphatic carbocycles. The first-order valence-electron chi connectivity index (χ1n) is 5.39. The van der Waals surface area contributed by atoms with Crippen LogP contribution in [0.1, 0.15) is 25.7 Å². The van der Waals surface area contributed by atoms with Crippen LogP contribution in [-0.4, -0.2) is 36.2 Å². The average Bonchev–Trinajstić information content (AvgIpc) is 3.00. The first-order valence-corrected chi connectivity index (χ1v) is 5.39. The van der Waals surface area contributed by atoms with Crippen LogP contribution in [0, 0.1) is 5.92 Å². The molecule has 1 aliphatic heterocycles. The molecule has 0 bridgehead atoms. The quantitative estimate of drug-likeness (QED) is 0.579. The molecule has 3 N–H and O–H groups in total. The number of carbonyl (C=O) groups is 1. The lowest BCUT2D eigenvalue weighted by atomic mass is 9.98. The zero-order valence-corrected chi connectivity index (χ0v) is 8.38. The largest absolute Gasteiger partial charge is 0.394 e. The van der Waals surface area contributed by atoms with E-state index in [2.05, 4.69) is 10.6 Å². The van der Waals surface area contributed by atoms with Crippen molar-refractivity contribution in [2.75, 3.05) is 19.7 Å². The van der Waals surface area contributed by atoms with Gasteiger partial charge in [0.05, 0.1) is 18.1 Å². The van der Waals surface area contributed by atoms with Crippen LogP contribution in [-0.2, 0) is 4.79 Å².